The zero-order valence-corrected chi connectivity index (χ0v) is 25.1. The molecule has 0 bridgehead atoms. The molecular formula is C29H42N2O7Si. The molecule has 0 spiro atoms. The Morgan fingerprint density at radius 3 is 1.74 bits per heavy atom. The van der Waals surface area contributed by atoms with Crippen molar-refractivity contribution in [1.29, 1.82) is 0 Å². The van der Waals surface area contributed by atoms with Crippen LogP contribution in [0.3, 0.4) is 0 Å². The number of aliphatic hydroxyl groups is 1. The Morgan fingerprint density at radius 2 is 1.36 bits per heavy atom. The third kappa shape index (κ3) is 8.38. The normalized spacial score (nSPS) is 14.5. The van der Waals surface area contributed by atoms with Crippen LogP contribution in [0.1, 0.15) is 48.5 Å². The number of carbonyl (C=O) groups is 3. The lowest BCUT2D eigenvalue weighted by atomic mass is 10.1. The maximum Gasteiger partial charge on any atom is 0.408 e. The predicted molar refractivity (Wildman–Crippen MR) is 152 cm³/mol. The van der Waals surface area contributed by atoms with Crippen molar-refractivity contribution in [2.75, 3.05) is 13.7 Å². The predicted octanol–water partition coefficient (Wildman–Crippen LogP) is 2.49. The van der Waals surface area contributed by atoms with E-state index in [0.717, 1.165) is 10.4 Å². The summed E-state index contributed by atoms with van der Waals surface area (Å²) in [6, 6.07) is 17.2. The van der Waals surface area contributed by atoms with Crippen LogP contribution < -0.4 is 21.0 Å². The number of amides is 2. The number of alkyl carbamates (subject to hydrolysis) is 1. The molecule has 3 N–H and O–H groups in total. The molecule has 3 atom stereocenters. The minimum absolute atomic E-state index is 0.190. The smallest absolute Gasteiger partial charge is 0.408 e. The van der Waals surface area contributed by atoms with Gasteiger partial charge in [-0.15, -0.1) is 0 Å². The van der Waals surface area contributed by atoms with Gasteiger partial charge < -0.3 is 29.6 Å². The first-order valence-electron chi connectivity index (χ1n) is 12.9. The highest BCUT2D eigenvalue weighted by Gasteiger charge is 2.50. The maximum absolute atomic E-state index is 13.2. The summed E-state index contributed by atoms with van der Waals surface area (Å²) < 4.78 is 17.0. The number of nitrogens with one attached hydrogen (secondary N) is 2. The lowest BCUT2D eigenvalue weighted by molar-refractivity contribution is -0.146. The van der Waals surface area contributed by atoms with E-state index >= 15 is 0 Å². The Hall–Kier alpha value is -3.21. The number of benzene rings is 2. The number of rotatable bonds is 10. The second-order valence-corrected chi connectivity index (χ2v) is 15.7. The Bertz CT molecular complexity index is 1060. The highest BCUT2D eigenvalue weighted by Crippen LogP contribution is 2.36. The molecule has 2 aromatic rings. The summed E-state index contributed by atoms with van der Waals surface area (Å²) in [6.45, 7) is 12.5. The van der Waals surface area contributed by atoms with Gasteiger partial charge in [0.05, 0.1) is 19.8 Å². The van der Waals surface area contributed by atoms with Crippen molar-refractivity contribution in [1.82, 2.24) is 10.6 Å². The quantitative estimate of drug-likeness (QED) is 0.302. The minimum Gasteiger partial charge on any atom is -0.467 e. The van der Waals surface area contributed by atoms with Gasteiger partial charge in [-0.1, -0.05) is 81.4 Å². The molecule has 2 aromatic carbocycles. The molecule has 0 aliphatic heterocycles. The summed E-state index contributed by atoms with van der Waals surface area (Å²) in [5.74, 6) is -1.50. The van der Waals surface area contributed by atoms with Crippen molar-refractivity contribution < 1.29 is 33.4 Å². The van der Waals surface area contributed by atoms with Crippen LogP contribution in [-0.4, -0.2) is 68.9 Å². The molecule has 0 fully saturated rings. The lowest BCUT2D eigenvalue weighted by Crippen LogP contribution is -2.68. The fraction of sp³-hybridized carbons (Fsp3) is 0.483. The lowest BCUT2D eigenvalue weighted by Gasteiger charge is -2.43. The molecule has 0 aliphatic carbocycles. The number of aliphatic hydroxyl groups excluding tert-OH is 1. The molecule has 0 radical (unpaired) electrons. The Balaban J connectivity index is 2.41. The van der Waals surface area contributed by atoms with Gasteiger partial charge in [-0.25, -0.2) is 9.59 Å². The van der Waals surface area contributed by atoms with Crippen molar-refractivity contribution >= 4 is 36.7 Å². The topological polar surface area (TPSA) is 123 Å². The average molecular weight is 559 g/mol. The fourth-order valence-electron chi connectivity index (χ4n) is 4.38. The summed E-state index contributed by atoms with van der Waals surface area (Å²) in [7, 11) is -1.80. The highest BCUT2D eigenvalue weighted by atomic mass is 28.4. The molecule has 0 saturated heterocycles. The van der Waals surface area contributed by atoms with Crippen molar-refractivity contribution in [3.8, 4) is 0 Å². The number of esters is 1. The Kier molecular flexibility index (Phi) is 10.9. The summed E-state index contributed by atoms with van der Waals surface area (Å²) in [6.07, 6.45) is -2.14. The van der Waals surface area contributed by atoms with Crippen LogP contribution >= 0.6 is 0 Å². The van der Waals surface area contributed by atoms with Gasteiger partial charge in [-0.3, -0.25) is 4.79 Å². The first-order chi connectivity index (χ1) is 18.1. The van der Waals surface area contributed by atoms with E-state index in [1.165, 1.54) is 14.0 Å². The van der Waals surface area contributed by atoms with Gasteiger partial charge in [-0.05, 0) is 43.1 Å². The van der Waals surface area contributed by atoms with E-state index in [1.807, 2.05) is 60.7 Å². The third-order valence-electron chi connectivity index (χ3n) is 6.12. The standard InChI is InChI=1S/C29H42N2O7Si/c1-20(32)24(31-27(35)38-28(2,3)4)25(33)30-23(26(34)36-8)19-37-39(29(5,6)7,21-15-11-9-12-16-21)22-17-13-10-14-18-22/h9-18,20,23-24,32H,19H2,1-8H3,(H,30,33)(H,31,35)/t20-,23-,24+/m1/s1. The third-order valence-corrected chi connectivity index (χ3v) is 11.1. The van der Waals surface area contributed by atoms with Crippen LogP contribution in [0.5, 0.6) is 0 Å². The van der Waals surface area contributed by atoms with Gasteiger partial charge in [0.25, 0.3) is 8.32 Å². The van der Waals surface area contributed by atoms with Crippen LogP contribution in [0.25, 0.3) is 0 Å². The number of hydrogen-bond donors (Lipinski definition) is 3. The van der Waals surface area contributed by atoms with E-state index in [1.54, 1.807) is 20.8 Å². The van der Waals surface area contributed by atoms with Crippen LogP contribution in [0.4, 0.5) is 4.79 Å². The summed E-state index contributed by atoms with van der Waals surface area (Å²) >= 11 is 0. The zero-order valence-electron chi connectivity index (χ0n) is 24.1. The van der Waals surface area contributed by atoms with Crippen LogP contribution in [-0.2, 0) is 23.5 Å². The van der Waals surface area contributed by atoms with E-state index in [9.17, 15) is 19.5 Å². The SMILES string of the molecule is COC(=O)[C@@H](CO[Si](c1ccccc1)(c1ccccc1)C(C)(C)C)NC(=O)[C@@H](NC(=O)OC(C)(C)C)[C@@H](C)O. The van der Waals surface area contributed by atoms with Crippen molar-refractivity contribution in [2.45, 2.75) is 77.3 Å². The van der Waals surface area contributed by atoms with Crippen LogP contribution in [0.2, 0.25) is 5.04 Å². The first-order valence-corrected chi connectivity index (χ1v) is 14.8. The van der Waals surface area contributed by atoms with Crippen LogP contribution in [0.15, 0.2) is 60.7 Å². The molecular weight excluding hydrogens is 516 g/mol. The molecule has 2 rings (SSSR count). The molecule has 0 saturated carbocycles. The van der Waals surface area contributed by atoms with Crippen molar-refractivity contribution in [3.63, 3.8) is 0 Å². The molecule has 39 heavy (non-hydrogen) atoms. The van der Waals surface area contributed by atoms with E-state index < -0.39 is 50.1 Å². The molecule has 214 valence electrons. The number of methoxy groups -OCH3 is 1. The molecule has 0 aromatic heterocycles. The molecule has 0 unspecified atom stereocenters. The van der Waals surface area contributed by atoms with Gasteiger partial charge in [-0.2, -0.15) is 0 Å². The molecule has 0 heterocycles. The summed E-state index contributed by atoms with van der Waals surface area (Å²) in [5, 5.41) is 16.9. The molecule has 0 aliphatic rings. The average Bonchev–Trinajstić information content (AvgIpc) is 2.85. The second-order valence-electron chi connectivity index (χ2n) is 11.4. The van der Waals surface area contributed by atoms with Gasteiger partial charge in [0, 0.05) is 0 Å². The van der Waals surface area contributed by atoms with E-state index in [0.29, 0.717) is 0 Å². The zero-order chi connectivity index (χ0) is 29.4. The number of carbonyl (C=O) groups excluding carboxylic acids is 3. The molecule has 2 amide bonds. The molecule has 10 heteroatoms. The van der Waals surface area contributed by atoms with E-state index in [4.69, 9.17) is 13.9 Å². The largest absolute Gasteiger partial charge is 0.467 e. The summed E-state index contributed by atoms with van der Waals surface area (Å²) in [4.78, 5) is 38.3. The summed E-state index contributed by atoms with van der Waals surface area (Å²) in [5.41, 5.74) is -0.804. The first kappa shape index (κ1) is 32.0. The van der Waals surface area contributed by atoms with Crippen LogP contribution in [0, 0.1) is 0 Å². The van der Waals surface area contributed by atoms with Gasteiger partial charge in [0.15, 0.2) is 0 Å². The monoisotopic (exact) mass is 558 g/mol. The number of hydrogen-bond acceptors (Lipinski definition) is 7. The number of ether oxygens (including phenoxy) is 2. The van der Waals surface area contributed by atoms with E-state index in [2.05, 4.69) is 31.4 Å². The Morgan fingerprint density at radius 1 is 0.872 bits per heavy atom. The Labute approximate surface area is 232 Å². The van der Waals surface area contributed by atoms with Gasteiger partial charge in [0.1, 0.15) is 17.7 Å². The van der Waals surface area contributed by atoms with Crippen molar-refractivity contribution in [3.05, 3.63) is 60.7 Å². The maximum atomic E-state index is 13.2. The minimum atomic E-state index is -3.02. The highest BCUT2D eigenvalue weighted by molar-refractivity contribution is 6.99. The van der Waals surface area contributed by atoms with Crippen molar-refractivity contribution in [2.24, 2.45) is 0 Å². The molecule has 9 nitrogen and oxygen atoms in total. The fourth-order valence-corrected chi connectivity index (χ4v) is 8.95. The van der Waals surface area contributed by atoms with E-state index in [-0.39, 0.29) is 11.6 Å². The second kappa shape index (κ2) is 13.2. The van der Waals surface area contributed by atoms with Gasteiger partial charge in [0.2, 0.25) is 5.91 Å². The van der Waals surface area contributed by atoms with Gasteiger partial charge >= 0.3 is 12.1 Å².